The van der Waals surface area contributed by atoms with Gasteiger partial charge in [-0.25, -0.2) is 0 Å². The lowest BCUT2D eigenvalue weighted by atomic mass is 9.96. The number of benzene rings is 1. The Bertz CT molecular complexity index is 1170. The minimum absolute atomic E-state index is 0.128. The first-order valence-electron chi connectivity index (χ1n) is 11.5. The maximum Gasteiger partial charge on any atom is 0.235 e. The number of carbonyl (C=O) groups is 1. The molecular weight excluding hydrogens is 452 g/mol. The summed E-state index contributed by atoms with van der Waals surface area (Å²) in [6.07, 6.45) is 7.73. The van der Waals surface area contributed by atoms with Crippen molar-refractivity contribution < 1.29 is 4.79 Å². The molecule has 0 saturated carbocycles. The molecule has 1 fully saturated rings. The fourth-order valence-electron chi connectivity index (χ4n) is 4.52. The number of aromatic nitrogens is 3. The van der Waals surface area contributed by atoms with Gasteiger partial charge in [0.25, 0.3) is 0 Å². The molecule has 33 heavy (non-hydrogen) atoms. The number of amides is 1. The molecule has 170 valence electrons. The van der Waals surface area contributed by atoms with Crippen molar-refractivity contribution in [1.29, 1.82) is 5.26 Å². The highest BCUT2D eigenvalue weighted by molar-refractivity contribution is 7.99. The van der Waals surface area contributed by atoms with E-state index in [9.17, 15) is 10.1 Å². The molecule has 0 radical (unpaired) electrons. The zero-order valence-electron chi connectivity index (χ0n) is 18.4. The fourth-order valence-corrected chi connectivity index (χ4v) is 6.53. The number of thiophene rings is 1. The van der Waals surface area contributed by atoms with Crippen LogP contribution in [-0.4, -0.2) is 39.5 Å². The van der Waals surface area contributed by atoms with Crippen molar-refractivity contribution in [3.05, 3.63) is 46.3 Å². The summed E-state index contributed by atoms with van der Waals surface area (Å²) in [7, 11) is 0. The van der Waals surface area contributed by atoms with Gasteiger partial charge in [-0.15, -0.1) is 21.5 Å². The number of hydrogen-bond donors (Lipinski definition) is 1. The summed E-state index contributed by atoms with van der Waals surface area (Å²) in [5.41, 5.74) is 2.77. The quantitative estimate of drug-likeness (QED) is 0.512. The number of fused-ring (bicyclic) bond motifs is 1. The normalized spacial score (nSPS) is 15.7. The minimum atomic E-state index is -0.128. The van der Waals surface area contributed by atoms with E-state index in [-0.39, 0.29) is 11.7 Å². The predicted octanol–water partition coefficient (Wildman–Crippen LogP) is 4.80. The number of rotatable bonds is 6. The van der Waals surface area contributed by atoms with Crippen molar-refractivity contribution >= 4 is 40.0 Å². The van der Waals surface area contributed by atoms with E-state index in [0.717, 1.165) is 68.8 Å². The Kier molecular flexibility index (Phi) is 6.65. The molecular formula is C24H26N6OS2. The number of aryl methyl sites for hydroxylation is 1. The van der Waals surface area contributed by atoms with Crippen LogP contribution >= 0.6 is 23.1 Å². The molecule has 1 aromatic carbocycles. The number of piperidine rings is 1. The Balaban J connectivity index is 1.34. The number of hydrogen-bond acceptors (Lipinski definition) is 7. The van der Waals surface area contributed by atoms with Crippen LogP contribution in [0, 0.1) is 11.3 Å². The second kappa shape index (κ2) is 9.98. The molecule has 1 aliphatic carbocycles. The number of nitrogens with one attached hydrogen (secondary N) is 1. The van der Waals surface area contributed by atoms with Crippen LogP contribution in [-0.2, 0) is 17.6 Å². The van der Waals surface area contributed by atoms with Crippen LogP contribution in [0.4, 0.5) is 10.9 Å². The van der Waals surface area contributed by atoms with Gasteiger partial charge < -0.3 is 10.2 Å². The van der Waals surface area contributed by atoms with Gasteiger partial charge in [-0.1, -0.05) is 30.0 Å². The van der Waals surface area contributed by atoms with Gasteiger partial charge in [-0.2, -0.15) is 5.26 Å². The standard InChI is InChI=1S/C24H26N6OS2/c25-15-19-18-11-5-6-12-20(18)33-22(19)26-21(31)16-32-24-28-27-23(29-13-7-2-8-14-29)30(24)17-9-3-1-4-10-17/h1,3-4,9-10H,2,5-8,11-14,16H2,(H,26,31). The minimum Gasteiger partial charge on any atom is -0.341 e. The molecule has 1 amide bonds. The number of anilines is 2. The third-order valence-corrected chi connectivity index (χ3v) is 8.27. The van der Waals surface area contributed by atoms with Crippen molar-refractivity contribution in [2.75, 3.05) is 29.1 Å². The molecule has 1 aliphatic heterocycles. The van der Waals surface area contributed by atoms with Crippen LogP contribution in [0.2, 0.25) is 0 Å². The maximum atomic E-state index is 12.8. The molecule has 3 aromatic rings. The molecule has 2 aliphatic rings. The van der Waals surface area contributed by atoms with Crippen LogP contribution in [0.25, 0.3) is 5.69 Å². The summed E-state index contributed by atoms with van der Waals surface area (Å²) in [5.74, 6) is 0.914. The van der Waals surface area contributed by atoms with Crippen molar-refractivity contribution in [3.63, 3.8) is 0 Å². The van der Waals surface area contributed by atoms with Crippen LogP contribution in [0.1, 0.15) is 48.1 Å². The summed E-state index contributed by atoms with van der Waals surface area (Å²) in [6, 6.07) is 12.4. The van der Waals surface area contributed by atoms with Gasteiger partial charge in [0.05, 0.1) is 17.0 Å². The van der Waals surface area contributed by atoms with Gasteiger partial charge >= 0.3 is 0 Å². The molecule has 1 saturated heterocycles. The number of para-hydroxylation sites is 1. The van der Waals surface area contributed by atoms with Crippen molar-refractivity contribution in [1.82, 2.24) is 14.8 Å². The Morgan fingerprint density at radius 1 is 1.09 bits per heavy atom. The van der Waals surface area contributed by atoms with Crippen LogP contribution in [0.5, 0.6) is 0 Å². The topological polar surface area (TPSA) is 86.8 Å². The summed E-state index contributed by atoms with van der Waals surface area (Å²) in [4.78, 5) is 16.3. The van der Waals surface area contributed by atoms with Crippen molar-refractivity contribution in [2.24, 2.45) is 0 Å². The maximum absolute atomic E-state index is 12.8. The fraction of sp³-hybridized carbons (Fsp3) is 0.417. The first-order chi connectivity index (χ1) is 16.2. The van der Waals surface area contributed by atoms with E-state index in [2.05, 4.69) is 26.5 Å². The molecule has 9 heteroatoms. The lowest BCUT2D eigenvalue weighted by Gasteiger charge is -2.27. The molecule has 5 rings (SSSR count). The number of nitrogens with zero attached hydrogens (tertiary/aromatic N) is 5. The molecule has 1 N–H and O–H groups in total. The molecule has 0 atom stereocenters. The highest BCUT2D eigenvalue weighted by Crippen LogP contribution is 2.38. The summed E-state index contributed by atoms with van der Waals surface area (Å²) < 4.78 is 2.05. The smallest absolute Gasteiger partial charge is 0.235 e. The van der Waals surface area contributed by atoms with Gasteiger partial charge in [0.1, 0.15) is 11.1 Å². The summed E-state index contributed by atoms with van der Waals surface area (Å²) >= 11 is 2.93. The van der Waals surface area contributed by atoms with Gasteiger partial charge in [-0.05, 0) is 62.6 Å². The van der Waals surface area contributed by atoms with Gasteiger partial charge in [-0.3, -0.25) is 9.36 Å². The predicted molar refractivity (Wildman–Crippen MR) is 132 cm³/mol. The van der Waals surface area contributed by atoms with Crippen LogP contribution in [0.15, 0.2) is 35.5 Å². The van der Waals surface area contributed by atoms with Crippen LogP contribution < -0.4 is 10.2 Å². The van der Waals surface area contributed by atoms with E-state index in [1.165, 1.54) is 23.1 Å². The lowest BCUT2D eigenvalue weighted by Crippen LogP contribution is -2.31. The number of thioether (sulfide) groups is 1. The Labute approximate surface area is 201 Å². The first-order valence-corrected chi connectivity index (χ1v) is 13.3. The molecule has 0 unspecified atom stereocenters. The largest absolute Gasteiger partial charge is 0.341 e. The number of carbonyl (C=O) groups excluding carboxylic acids is 1. The third-order valence-electron chi connectivity index (χ3n) is 6.14. The highest BCUT2D eigenvalue weighted by Gasteiger charge is 2.24. The van der Waals surface area contributed by atoms with E-state index >= 15 is 0 Å². The van der Waals surface area contributed by atoms with Gasteiger partial charge in [0, 0.05) is 18.0 Å². The highest BCUT2D eigenvalue weighted by atomic mass is 32.2. The second-order valence-electron chi connectivity index (χ2n) is 8.36. The van der Waals surface area contributed by atoms with Gasteiger partial charge in [0.2, 0.25) is 11.9 Å². The van der Waals surface area contributed by atoms with Crippen molar-refractivity contribution in [2.45, 2.75) is 50.1 Å². The summed E-state index contributed by atoms with van der Waals surface area (Å²) in [6.45, 7) is 1.94. The Morgan fingerprint density at radius 2 is 1.88 bits per heavy atom. The van der Waals surface area contributed by atoms with E-state index in [0.29, 0.717) is 15.7 Å². The summed E-state index contributed by atoms with van der Waals surface area (Å²) in [5, 5.41) is 23.0. The van der Waals surface area contributed by atoms with E-state index in [1.54, 1.807) is 11.3 Å². The monoisotopic (exact) mass is 478 g/mol. The molecule has 7 nitrogen and oxygen atoms in total. The third kappa shape index (κ3) is 4.63. The number of nitriles is 1. The van der Waals surface area contributed by atoms with Crippen LogP contribution in [0.3, 0.4) is 0 Å². The van der Waals surface area contributed by atoms with E-state index < -0.39 is 0 Å². The second-order valence-corrected chi connectivity index (χ2v) is 10.4. The Morgan fingerprint density at radius 3 is 2.67 bits per heavy atom. The van der Waals surface area contributed by atoms with Crippen molar-refractivity contribution in [3.8, 4) is 11.8 Å². The zero-order chi connectivity index (χ0) is 22.6. The van der Waals surface area contributed by atoms with E-state index in [1.807, 2.05) is 34.9 Å². The average molecular weight is 479 g/mol. The molecule has 0 bridgehead atoms. The van der Waals surface area contributed by atoms with E-state index in [4.69, 9.17) is 0 Å². The average Bonchev–Trinajstić information content (AvgIpc) is 3.44. The molecule has 3 heterocycles. The molecule has 0 spiro atoms. The molecule has 2 aromatic heterocycles. The first kappa shape index (κ1) is 22.0. The lowest BCUT2D eigenvalue weighted by molar-refractivity contribution is -0.113. The SMILES string of the molecule is N#Cc1c(NC(=O)CSc2nnc(N3CCCCC3)n2-c2ccccc2)sc2c1CCCC2. The van der Waals surface area contributed by atoms with Gasteiger partial charge in [0.15, 0.2) is 5.16 Å². The zero-order valence-corrected chi connectivity index (χ0v) is 20.1. The Hall–Kier alpha value is -2.83.